The molecule has 0 amide bonds. The van der Waals surface area contributed by atoms with Gasteiger partial charge < -0.3 is 9.84 Å². The average Bonchev–Trinajstić information content (AvgIpc) is 2.54. The van der Waals surface area contributed by atoms with Gasteiger partial charge in [-0.2, -0.15) is 26.3 Å². The first-order chi connectivity index (χ1) is 11.9. The number of carboxylic acids is 1. The Morgan fingerprint density at radius 1 is 0.846 bits per heavy atom. The normalized spacial score (nSPS) is 12.7. The highest BCUT2D eigenvalue weighted by Crippen LogP contribution is 2.51. The van der Waals surface area contributed by atoms with Gasteiger partial charge in [0.15, 0.2) is 0 Å². The Labute approximate surface area is 143 Å². The van der Waals surface area contributed by atoms with Crippen molar-refractivity contribution >= 4 is 5.97 Å². The van der Waals surface area contributed by atoms with Crippen molar-refractivity contribution < 1.29 is 41.0 Å². The SMILES string of the molecule is CC(F)(F)C(F)(F)C(F)(F)c1ccc(Oc2ccc(C(=O)O)cc2)cc1. The van der Waals surface area contributed by atoms with Crippen LogP contribution in [0.1, 0.15) is 22.8 Å². The van der Waals surface area contributed by atoms with E-state index in [1.165, 1.54) is 24.3 Å². The van der Waals surface area contributed by atoms with E-state index in [2.05, 4.69) is 0 Å². The van der Waals surface area contributed by atoms with E-state index in [9.17, 15) is 31.1 Å². The summed E-state index contributed by atoms with van der Waals surface area (Å²) >= 11 is 0. The molecule has 0 spiro atoms. The molecule has 2 aromatic rings. The van der Waals surface area contributed by atoms with Crippen molar-refractivity contribution in [1.82, 2.24) is 0 Å². The lowest BCUT2D eigenvalue weighted by atomic mass is 9.98. The van der Waals surface area contributed by atoms with E-state index in [0.717, 1.165) is 12.1 Å². The third-order valence-corrected chi connectivity index (χ3v) is 3.50. The number of carboxylic acid groups (broad SMARTS) is 1. The highest BCUT2D eigenvalue weighted by molar-refractivity contribution is 5.87. The number of rotatable bonds is 6. The first kappa shape index (κ1) is 19.6. The second-order valence-electron chi connectivity index (χ2n) is 5.49. The molecule has 0 aliphatic heterocycles. The zero-order valence-electron chi connectivity index (χ0n) is 13.2. The van der Waals surface area contributed by atoms with Crippen molar-refractivity contribution in [2.45, 2.75) is 24.7 Å². The smallest absolute Gasteiger partial charge is 0.375 e. The van der Waals surface area contributed by atoms with Crippen LogP contribution in [0, 0.1) is 0 Å². The Hall–Kier alpha value is -2.71. The Morgan fingerprint density at radius 3 is 1.65 bits per heavy atom. The van der Waals surface area contributed by atoms with Crippen molar-refractivity contribution in [2.24, 2.45) is 0 Å². The lowest BCUT2D eigenvalue weighted by Gasteiger charge is -2.31. The summed E-state index contributed by atoms with van der Waals surface area (Å²) in [4.78, 5) is 10.7. The molecule has 0 aromatic heterocycles. The number of ether oxygens (including phenoxy) is 1. The van der Waals surface area contributed by atoms with Crippen LogP contribution >= 0.6 is 0 Å². The molecule has 0 bridgehead atoms. The summed E-state index contributed by atoms with van der Waals surface area (Å²) in [6, 6.07) is 8.03. The van der Waals surface area contributed by atoms with Crippen LogP contribution in [-0.4, -0.2) is 22.9 Å². The number of hydrogen-bond donors (Lipinski definition) is 1. The molecule has 26 heavy (non-hydrogen) atoms. The van der Waals surface area contributed by atoms with E-state index in [1.54, 1.807) is 0 Å². The number of hydrogen-bond acceptors (Lipinski definition) is 2. The molecule has 140 valence electrons. The molecule has 0 aliphatic carbocycles. The molecule has 3 nitrogen and oxygen atoms in total. The molecular weight excluding hydrogens is 366 g/mol. The molecule has 2 rings (SSSR count). The highest BCUT2D eigenvalue weighted by Gasteiger charge is 2.69. The standard InChI is InChI=1S/C17H12F6O3/c1-15(18,19)17(22,23)16(20,21)11-4-8-13(9-5-11)26-12-6-2-10(3-7-12)14(24)25/h2-9H,1H3,(H,24,25). The van der Waals surface area contributed by atoms with Gasteiger partial charge in [0.2, 0.25) is 0 Å². The second kappa shape index (κ2) is 6.54. The monoisotopic (exact) mass is 378 g/mol. The highest BCUT2D eigenvalue weighted by atomic mass is 19.3. The van der Waals surface area contributed by atoms with E-state index in [4.69, 9.17) is 9.84 Å². The Balaban J connectivity index is 2.21. The topological polar surface area (TPSA) is 46.5 Å². The summed E-state index contributed by atoms with van der Waals surface area (Å²) in [7, 11) is 0. The minimum atomic E-state index is -5.57. The average molecular weight is 378 g/mol. The minimum Gasteiger partial charge on any atom is -0.478 e. The van der Waals surface area contributed by atoms with Crippen LogP contribution < -0.4 is 4.74 Å². The largest absolute Gasteiger partial charge is 0.478 e. The van der Waals surface area contributed by atoms with E-state index in [0.29, 0.717) is 12.1 Å². The van der Waals surface area contributed by atoms with Gasteiger partial charge in [0, 0.05) is 12.5 Å². The van der Waals surface area contributed by atoms with Crippen molar-refractivity contribution in [2.75, 3.05) is 0 Å². The summed E-state index contributed by atoms with van der Waals surface area (Å²) in [6.45, 7) is -0.279. The van der Waals surface area contributed by atoms with Crippen LogP contribution in [0.2, 0.25) is 0 Å². The minimum absolute atomic E-state index is 0.00457. The molecule has 9 heteroatoms. The van der Waals surface area contributed by atoms with E-state index in [1.807, 2.05) is 0 Å². The van der Waals surface area contributed by atoms with Gasteiger partial charge in [0.25, 0.3) is 0 Å². The third kappa shape index (κ3) is 3.61. The Bertz CT molecular complexity index is 780. The maximum Gasteiger partial charge on any atom is 0.375 e. The second-order valence-corrected chi connectivity index (χ2v) is 5.49. The quantitative estimate of drug-likeness (QED) is 0.670. The summed E-state index contributed by atoms with van der Waals surface area (Å²) in [5, 5.41) is 8.77. The van der Waals surface area contributed by atoms with Crippen molar-refractivity contribution in [3.63, 3.8) is 0 Å². The Kier molecular flexibility index (Phi) is 4.94. The molecule has 1 N–H and O–H groups in total. The van der Waals surface area contributed by atoms with E-state index in [-0.39, 0.29) is 24.0 Å². The molecule has 0 atom stereocenters. The molecule has 0 unspecified atom stereocenters. The molecule has 0 saturated carbocycles. The van der Waals surface area contributed by atoms with E-state index < -0.39 is 29.3 Å². The van der Waals surface area contributed by atoms with Gasteiger partial charge in [-0.3, -0.25) is 0 Å². The Morgan fingerprint density at radius 2 is 1.27 bits per heavy atom. The number of aromatic carboxylic acids is 1. The van der Waals surface area contributed by atoms with Gasteiger partial charge in [-0.25, -0.2) is 4.79 Å². The fraction of sp³-hybridized carbons (Fsp3) is 0.235. The number of alkyl halides is 6. The van der Waals surface area contributed by atoms with Crippen molar-refractivity contribution in [3.8, 4) is 11.5 Å². The maximum absolute atomic E-state index is 13.8. The van der Waals surface area contributed by atoms with Crippen LogP contribution in [0.25, 0.3) is 0 Å². The van der Waals surface area contributed by atoms with Gasteiger partial charge in [0.1, 0.15) is 11.5 Å². The number of carbonyl (C=O) groups is 1. The molecule has 0 aliphatic rings. The molecule has 0 heterocycles. The fourth-order valence-electron chi connectivity index (χ4n) is 1.99. The zero-order valence-corrected chi connectivity index (χ0v) is 13.2. The third-order valence-electron chi connectivity index (χ3n) is 3.50. The van der Waals surface area contributed by atoms with Crippen molar-refractivity contribution in [3.05, 3.63) is 59.7 Å². The van der Waals surface area contributed by atoms with Gasteiger partial charge in [0.05, 0.1) is 5.56 Å². The van der Waals surface area contributed by atoms with Gasteiger partial charge in [-0.15, -0.1) is 0 Å². The van der Waals surface area contributed by atoms with E-state index >= 15 is 0 Å². The van der Waals surface area contributed by atoms with Crippen LogP contribution in [0.4, 0.5) is 26.3 Å². The van der Waals surface area contributed by atoms with Crippen molar-refractivity contribution in [1.29, 1.82) is 0 Å². The van der Waals surface area contributed by atoms with Crippen LogP contribution in [0.3, 0.4) is 0 Å². The van der Waals surface area contributed by atoms with Gasteiger partial charge in [-0.05, 0) is 48.5 Å². The van der Waals surface area contributed by atoms with Crippen LogP contribution in [0.15, 0.2) is 48.5 Å². The predicted molar refractivity (Wildman–Crippen MR) is 79.4 cm³/mol. The first-order valence-corrected chi connectivity index (χ1v) is 7.11. The lowest BCUT2D eigenvalue weighted by molar-refractivity contribution is -0.308. The number of halogens is 6. The van der Waals surface area contributed by atoms with Crippen LogP contribution in [-0.2, 0) is 5.92 Å². The first-order valence-electron chi connectivity index (χ1n) is 7.11. The van der Waals surface area contributed by atoms with Gasteiger partial charge in [-0.1, -0.05) is 0 Å². The molecular formula is C17H12F6O3. The molecule has 0 radical (unpaired) electrons. The molecule has 2 aromatic carbocycles. The summed E-state index contributed by atoms with van der Waals surface area (Å²) in [5.41, 5.74) is -1.30. The lowest BCUT2D eigenvalue weighted by Crippen LogP contribution is -2.50. The summed E-state index contributed by atoms with van der Waals surface area (Å²) in [5.74, 6) is -16.6. The predicted octanol–water partition coefficient (Wildman–Crippen LogP) is 5.56. The zero-order chi connectivity index (χ0) is 19.8. The van der Waals surface area contributed by atoms with Gasteiger partial charge >= 0.3 is 23.7 Å². The summed E-state index contributed by atoms with van der Waals surface area (Å²) < 4.78 is 85.2. The molecule has 0 fully saturated rings. The summed E-state index contributed by atoms with van der Waals surface area (Å²) in [6.07, 6.45) is 0. The van der Waals surface area contributed by atoms with Crippen LogP contribution in [0.5, 0.6) is 11.5 Å². The number of benzene rings is 2. The fourth-order valence-corrected chi connectivity index (χ4v) is 1.99. The molecule has 0 saturated heterocycles. The maximum atomic E-state index is 13.8.